The third-order valence-corrected chi connectivity index (χ3v) is 7.02. The lowest BCUT2D eigenvalue weighted by atomic mass is 9.83. The molecule has 6 heteroatoms. The number of hydrogen-bond acceptors (Lipinski definition) is 3. The zero-order valence-corrected chi connectivity index (χ0v) is 16.7. The number of thiophene rings is 1. The van der Waals surface area contributed by atoms with Crippen LogP contribution in [-0.4, -0.2) is 42.2 Å². The van der Waals surface area contributed by atoms with Gasteiger partial charge in [-0.2, -0.15) is 0 Å². The normalized spacial score (nSPS) is 18.4. The highest BCUT2D eigenvalue weighted by molar-refractivity contribution is 7.09. The molecule has 28 heavy (non-hydrogen) atoms. The van der Waals surface area contributed by atoms with Crippen LogP contribution in [0.4, 0.5) is 4.79 Å². The van der Waals surface area contributed by atoms with Crippen LogP contribution in [0, 0.1) is 0 Å². The molecule has 146 valence electrons. The lowest BCUT2D eigenvalue weighted by molar-refractivity contribution is -0.0948. The predicted molar refractivity (Wildman–Crippen MR) is 112 cm³/mol. The summed E-state index contributed by atoms with van der Waals surface area (Å²) in [5.74, 6) is 0. The molecule has 2 amide bonds. The molecule has 3 aromatic rings. The highest BCUT2D eigenvalue weighted by atomic mass is 32.1. The molecule has 0 atom stereocenters. The van der Waals surface area contributed by atoms with Gasteiger partial charge in [0.2, 0.25) is 0 Å². The smallest absolute Gasteiger partial charge is 0.317 e. The Balaban J connectivity index is 1.25. The predicted octanol–water partition coefficient (Wildman–Crippen LogP) is 4.05. The average Bonchev–Trinajstić information content (AvgIpc) is 3.37. The molecule has 5 rings (SSSR count). The third kappa shape index (κ3) is 3.10. The van der Waals surface area contributed by atoms with Crippen molar-refractivity contribution >= 4 is 28.3 Å². The summed E-state index contributed by atoms with van der Waals surface area (Å²) in [5.41, 5.74) is 3.54. The molecule has 1 spiro atoms. The van der Waals surface area contributed by atoms with Crippen LogP contribution in [-0.2, 0) is 23.2 Å². The number of amides is 2. The van der Waals surface area contributed by atoms with Gasteiger partial charge in [0.1, 0.15) is 5.60 Å². The molecule has 1 fully saturated rings. The van der Waals surface area contributed by atoms with Crippen LogP contribution in [0.3, 0.4) is 0 Å². The standard InChI is InChI=1S/C22H25N3O2S/c26-21(23-11-7-16-4-3-15-28-16)25-12-9-22(10-13-25)20-18(8-14-27-22)17-5-1-2-6-19(17)24-20/h1-6,15,24H,7-14H2,(H,23,26). The number of urea groups is 1. The molecule has 0 saturated carbocycles. The second kappa shape index (κ2) is 7.26. The summed E-state index contributed by atoms with van der Waals surface area (Å²) in [6.07, 6.45) is 3.52. The van der Waals surface area contributed by atoms with Gasteiger partial charge in [-0.15, -0.1) is 11.3 Å². The van der Waals surface area contributed by atoms with Crippen LogP contribution in [0.25, 0.3) is 10.9 Å². The quantitative estimate of drug-likeness (QED) is 0.703. The van der Waals surface area contributed by atoms with Crippen LogP contribution in [0.1, 0.15) is 29.0 Å². The summed E-state index contributed by atoms with van der Waals surface area (Å²) in [6, 6.07) is 12.7. The maximum Gasteiger partial charge on any atom is 0.317 e. The number of ether oxygens (including phenoxy) is 1. The van der Waals surface area contributed by atoms with Crippen molar-refractivity contribution in [2.75, 3.05) is 26.2 Å². The van der Waals surface area contributed by atoms with Crippen molar-refractivity contribution in [2.45, 2.75) is 31.3 Å². The van der Waals surface area contributed by atoms with Gasteiger partial charge >= 0.3 is 6.03 Å². The largest absolute Gasteiger partial charge is 0.368 e. The number of aromatic nitrogens is 1. The number of benzene rings is 1. The van der Waals surface area contributed by atoms with E-state index in [9.17, 15) is 4.79 Å². The van der Waals surface area contributed by atoms with Gasteiger partial charge in [-0.3, -0.25) is 0 Å². The molecule has 1 aromatic carbocycles. The number of hydrogen-bond donors (Lipinski definition) is 2. The number of piperidine rings is 1. The van der Waals surface area contributed by atoms with Gasteiger partial charge in [0, 0.05) is 35.4 Å². The monoisotopic (exact) mass is 395 g/mol. The Hall–Kier alpha value is -2.31. The van der Waals surface area contributed by atoms with Crippen molar-refractivity contribution in [3.05, 3.63) is 57.9 Å². The fourth-order valence-electron chi connectivity index (χ4n) is 4.59. The Bertz CT molecular complexity index is 971. The number of H-pyrrole nitrogens is 1. The SMILES string of the molecule is O=C(NCCc1cccs1)N1CCC2(CC1)OCCc1c2[nH]c2ccccc12. The van der Waals surface area contributed by atoms with Crippen molar-refractivity contribution in [3.63, 3.8) is 0 Å². The first kappa shape index (κ1) is 17.8. The van der Waals surface area contributed by atoms with Gasteiger partial charge in [0.15, 0.2) is 0 Å². The van der Waals surface area contributed by atoms with Gasteiger partial charge < -0.3 is 19.9 Å². The summed E-state index contributed by atoms with van der Waals surface area (Å²) in [7, 11) is 0. The van der Waals surface area contributed by atoms with Crippen LogP contribution >= 0.6 is 11.3 Å². The molecule has 2 aliphatic rings. The van der Waals surface area contributed by atoms with E-state index in [-0.39, 0.29) is 11.6 Å². The molecule has 2 aromatic heterocycles. The van der Waals surface area contributed by atoms with Gasteiger partial charge in [0.05, 0.1) is 12.3 Å². The van der Waals surface area contributed by atoms with E-state index in [0.29, 0.717) is 6.54 Å². The summed E-state index contributed by atoms with van der Waals surface area (Å²) in [6.45, 7) is 2.88. The molecule has 4 heterocycles. The molecule has 0 unspecified atom stereocenters. The molecule has 0 bridgehead atoms. The molecular weight excluding hydrogens is 370 g/mol. The molecular formula is C22H25N3O2S. The number of carbonyl (C=O) groups is 1. The minimum absolute atomic E-state index is 0.0408. The minimum atomic E-state index is -0.277. The lowest BCUT2D eigenvalue weighted by Gasteiger charge is -2.43. The van der Waals surface area contributed by atoms with Crippen molar-refractivity contribution in [1.82, 2.24) is 15.2 Å². The van der Waals surface area contributed by atoms with Crippen LogP contribution in [0.15, 0.2) is 41.8 Å². The number of fused-ring (bicyclic) bond motifs is 4. The first-order chi connectivity index (χ1) is 13.8. The number of carbonyl (C=O) groups excluding carboxylic acids is 1. The van der Waals surface area contributed by atoms with Crippen molar-refractivity contribution in [1.29, 1.82) is 0 Å². The van der Waals surface area contributed by atoms with E-state index in [1.807, 2.05) is 11.0 Å². The first-order valence-corrected chi connectivity index (χ1v) is 10.9. The Morgan fingerprint density at radius 2 is 2.07 bits per heavy atom. The Morgan fingerprint density at radius 3 is 2.89 bits per heavy atom. The van der Waals surface area contributed by atoms with Crippen molar-refractivity contribution < 1.29 is 9.53 Å². The number of para-hydroxylation sites is 1. The number of aromatic amines is 1. The highest BCUT2D eigenvalue weighted by Gasteiger charge is 2.43. The molecule has 0 aliphatic carbocycles. The molecule has 2 aliphatic heterocycles. The second-order valence-corrected chi connectivity index (χ2v) is 8.70. The minimum Gasteiger partial charge on any atom is -0.368 e. The lowest BCUT2D eigenvalue weighted by Crippen LogP contribution is -2.51. The topological polar surface area (TPSA) is 57.4 Å². The first-order valence-electron chi connectivity index (χ1n) is 10.0. The molecule has 0 radical (unpaired) electrons. The second-order valence-electron chi connectivity index (χ2n) is 7.67. The zero-order valence-electron chi connectivity index (χ0n) is 15.9. The van der Waals surface area contributed by atoms with Crippen LogP contribution in [0.5, 0.6) is 0 Å². The summed E-state index contributed by atoms with van der Waals surface area (Å²) in [5, 5.41) is 6.45. The Labute approximate surface area is 168 Å². The number of rotatable bonds is 3. The van der Waals surface area contributed by atoms with Gasteiger partial charge in [-0.25, -0.2) is 4.79 Å². The van der Waals surface area contributed by atoms with Crippen molar-refractivity contribution in [2.24, 2.45) is 0 Å². The van der Waals surface area contributed by atoms with Crippen LogP contribution < -0.4 is 5.32 Å². The molecule has 5 nitrogen and oxygen atoms in total. The van der Waals surface area contributed by atoms with Gasteiger partial charge in [-0.05, 0) is 48.8 Å². The van der Waals surface area contributed by atoms with Crippen LogP contribution in [0.2, 0.25) is 0 Å². The third-order valence-electron chi connectivity index (χ3n) is 6.09. The maximum absolute atomic E-state index is 12.6. The number of likely N-dealkylation sites (tertiary alicyclic amines) is 1. The number of nitrogens with one attached hydrogen (secondary N) is 2. The molecule has 2 N–H and O–H groups in total. The maximum atomic E-state index is 12.6. The van der Waals surface area contributed by atoms with E-state index in [1.165, 1.54) is 27.0 Å². The van der Waals surface area contributed by atoms with E-state index >= 15 is 0 Å². The summed E-state index contributed by atoms with van der Waals surface area (Å²) in [4.78, 5) is 19.4. The van der Waals surface area contributed by atoms with Gasteiger partial charge in [-0.1, -0.05) is 24.3 Å². The van der Waals surface area contributed by atoms with E-state index in [2.05, 4.69) is 46.0 Å². The highest BCUT2D eigenvalue weighted by Crippen LogP contribution is 2.43. The Kier molecular flexibility index (Phi) is 4.61. The molecule has 1 saturated heterocycles. The fraction of sp³-hybridized carbons (Fsp3) is 0.409. The number of nitrogens with zero attached hydrogens (tertiary/aromatic N) is 1. The summed E-state index contributed by atoms with van der Waals surface area (Å²) >= 11 is 1.73. The summed E-state index contributed by atoms with van der Waals surface area (Å²) < 4.78 is 6.33. The van der Waals surface area contributed by atoms with E-state index in [0.717, 1.165) is 45.4 Å². The Morgan fingerprint density at radius 1 is 1.21 bits per heavy atom. The fourth-order valence-corrected chi connectivity index (χ4v) is 5.30. The zero-order chi connectivity index (χ0) is 19.0. The van der Waals surface area contributed by atoms with Gasteiger partial charge in [0.25, 0.3) is 0 Å². The van der Waals surface area contributed by atoms with E-state index in [1.54, 1.807) is 11.3 Å². The van der Waals surface area contributed by atoms with E-state index < -0.39 is 0 Å². The van der Waals surface area contributed by atoms with E-state index in [4.69, 9.17) is 4.74 Å². The average molecular weight is 396 g/mol. The van der Waals surface area contributed by atoms with Crippen molar-refractivity contribution in [3.8, 4) is 0 Å².